The molecular formula is C11H7N7. The van der Waals surface area contributed by atoms with E-state index in [-0.39, 0.29) is 0 Å². The molecule has 0 spiro atoms. The van der Waals surface area contributed by atoms with Crippen molar-refractivity contribution in [3.63, 3.8) is 0 Å². The van der Waals surface area contributed by atoms with Crippen LogP contribution in [0.25, 0.3) is 22.8 Å². The number of nitrogens with zero attached hydrogens (tertiary/aromatic N) is 7. The minimum absolute atomic E-state index is 0.467. The lowest BCUT2D eigenvalue weighted by Crippen LogP contribution is -2.06. The molecule has 7 nitrogen and oxygen atoms in total. The van der Waals surface area contributed by atoms with E-state index in [1.54, 1.807) is 27.8 Å². The van der Waals surface area contributed by atoms with Crippen molar-refractivity contribution in [1.82, 2.24) is 34.3 Å². The van der Waals surface area contributed by atoms with Crippen molar-refractivity contribution < 1.29 is 0 Å². The van der Waals surface area contributed by atoms with Gasteiger partial charge in [-0.1, -0.05) is 12.1 Å². The molecule has 7 heteroatoms. The summed E-state index contributed by atoms with van der Waals surface area (Å²) in [6, 6.07) is 7.79. The number of aromatic nitrogens is 7. The van der Waals surface area contributed by atoms with E-state index in [9.17, 15) is 0 Å². The fourth-order valence-corrected chi connectivity index (χ4v) is 1.86. The zero-order valence-electron chi connectivity index (χ0n) is 9.17. The van der Waals surface area contributed by atoms with Gasteiger partial charge in [-0.2, -0.15) is 4.52 Å². The Bertz CT molecular complexity index is 844. The van der Waals surface area contributed by atoms with Crippen molar-refractivity contribution in [1.29, 1.82) is 0 Å². The van der Waals surface area contributed by atoms with Gasteiger partial charge in [-0.25, -0.2) is 9.97 Å². The Kier molecular flexibility index (Phi) is 1.71. The summed E-state index contributed by atoms with van der Waals surface area (Å²) in [7, 11) is 0. The highest BCUT2D eigenvalue weighted by Gasteiger charge is 2.08. The fraction of sp³-hybridized carbons (Fsp3) is 0. The minimum Gasteiger partial charge on any atom is -0.264 e. The Morgan fingerprint density at radius 1 is 1.00 bits per heavy atom. The summed E-state index contributed by atoms with van der Waals surface area (Å²) in [5.41, 5.74) is 1.84. The molecule has 0 fully saturated rings. The van der Waals surface area contributed by atoms with Gasteiger partial charge in [0.15, 0.2) is 0 Å². The molecule has 0 radical (unpaired) electrons. The summed E-state index contributed by atoms with van der Waals surface area (Å²) in [6.45, 7) is 0. The van der Waals surface area contributed by atoms with Gasteiger partial charge in [0.25, 0.3) is 11.7 Å². The molecule has 0 unspecified atom stereocenters. The molecule has 86 valence electrons. The Morgan fingerprint density at radius 2 is 1.94 bits per heavy atom. The standard InChI is InChI=1S/C11H7N7/c1-2-4-9-8(3-1)13-7-17(9)11-15-14-10-12-5-6-18(10)16-11/h1-7H. The van der Waals surface area contributed by atoms with Crippen LogP contribution in [-0.2, 0) is 0 Å². The lowest BCUT2D eigenvalue weighted by Gasteiger charge is -2.00. The molecule has 0 aliphatic heterocycles. The monoisotopic (exact) mass is 237 g/mol. The maximum Gasteiger partial charge on any atom is 0.272 e. The molecule has 0 aliphatic rings. The lowest BCUT2D eigenvalue weighted by molar-refractivity contribution is 0.770. The predicted molar refractivity (Wildman–Crippen MR) is 63.2 cm³/mol. The molecule has 0 saturated heterocycles. The van der Waals surface area contributed by atoms with E-state index >= 15 is 0 Å². The first-order chi connectivity index (χ1) is 8.92. The van der Waals surface area contributed by atoms with Crippen LogP contribution in [0.1, 0.15) is 0 Å². The average molecular weight is 237 g/mol. The molecule has 0 atom stereocenters. The Balaban J connectivity index is 2.00. The van der Waals surface area contributed by atoms with Gasteiger partial charge < -0.3 is 0 Å². The Labute approximate surface area is 101 Å². The third kappa shape index (κ3) is 1.21. The fourth-order valence-electron chi connectivity index (χ4n) is 1.86. The Morgan fingerprint density at radius 3 is 2.94 bits per heavy atom. The second kappa shape index (κ2) is 3.33. The summed E-state index contributed by atoms with van der Waals surface area (Å²) >= 11 is 0. The zero-order chi connectivity index (χ0) is 11.9. The molecular weight excluding hydrogens is 230 g/mol. The lowest BCUT2D eigenvalue weighted by atomic mass is 10.3. The van der Waals surface area contributed by atoms with E-state index < -0.39 is 0 Å². The van der Waals surface area contributed by atoms with Crippen molar-refractivity contribution in [2.24, 2.45) is 0 Å². The molecule has 0 saturated carbocycles. The van der Waals surface area contributed by atoms with Crippen molar-refractivity contribution in [3.8, 4) is 5.95 Å². The highest BCUT2D eigenvalue weighted by Crippen LogP contribution is 2.14. The summed E-state index contributed by atoms with van der Waals surface area (Å²) in [6.07, 6.45) is 5.05. The number of hydrogen-bond acceptors (Lipinski definition) is 5. The van der Waals surface area contributed by atoms with Gasteiger partial charge in [-0.3, -0.25) is 4.57 Å². The largest absolute Gasteiger partial charge is 0.272 e. The Hall–Kier alpha value is -2.83. The van der Waals surface area contributed by atoms with E-state index in [0.29, 0.717) is 11.7 Å². The molecule has 1 aromatic carbocycles. The summed E-state index contributed by atoms with van der Waals surface area (Å²) in [5, 5.41) is 12.4. The molecule has 3 heterocycles. The third-order valence-corrected chi connectivity index (χ3v) is 2.70. The molecule has 4 aromatic rings. The van der Waals surface area contributed by atoms with Gasteiger partial charge in [-0.15, -0.1) is 15.3 Å². The van der Waals surface area contributed by atoms with Gasteiger partial charge in [0.2, 0.25) is 0 Å². The number of fused-ring (bicyclic) bond motifs is 2. The second-order valence-corrected chi connectivity index (χ2v) is 3.78. The molecule has 0 N–H and O–H groups in total. The van der Waals surface area contributed by atoms with Crippen LogP contribution in [0.2, 0.25) is 0 Å². The first kappa shape index (κ1) is 9.23. The van der Waals surface area contributed by atoms with Gasteiger partial charge in [-0.05, 0) is 12.1 Å². The highest BCUT2D eigenvalue weighted by molar-refractivity contribution is 5.76. The first-order valence-electron chi connectivity index (χ1n) is 5.38. The predicted octanol–water partition coefficient (Wildman–Crippen LogP) is 0.858. The van der Waals surface area contributed by atoms with E-state index in [0.717, 1.165) is 11.0 Å². The summed E-state index contributed by atoms with van der Waals surface area (Å²) in [5.74, 6) is 0.942. The smallest absolute Gasteiger partial charge is 0.264 e. The van der Waals surface area contributed by atoms with Crippen molar-refractivity contribution in [2.75, 3.05) is 0 Å². The molecule has 4 rings (SSSR count). The molecule has 0 aliphatic carbocycles. The molecule has 0 amide bonds. The second-order valence-electron chi connectivity index (χ2n) is 3.78. The van der Waals surface area contributed by atoms with Crippen molar-refractivity contribution in [2.45, 2.75) is 0 Å². The highest BCUT2D eigenvalue weighted by atomic mass is 15.4. The van der Waals surface area contributed by atoms with E-state index in [2.05, 4.69) is 25.3 Å². The van der Waals surface area contributed by atoms with Gasteiger partial charge in [0.1, 0.15) is 6.33 Å². The molecule has 18 heavy (non-hydrogen) atoms. The van der Waals surface area contributed by atoms with Crippen LogP contribution in [0.5, 0.6) is 0 Å². The maximum absolute atomic E-state index is 4.33. The van der Waals surface area contributed by atoms with Crippen LogP contribution in [0.4, 0.5) is 0 Å². The number of imidazole rings is 2. The summed E-state index contributed by atoms with van der Waals surface area (Å²) in [4.78, 5) is 8.30. The topological polar surface area (TPSA) is 73.8 Å². The van der Waals surface area contributed by atoms with Crippen LogP contribution in [0, 0.1) is 0 Å². The molecule has 0 bridgehead atoms. The van der Waals surface area contributed by atoms with Crippen molar-refractivity contribution in [3.05, 3.63) is 43.0 Å². The molecule has 3 aromatic heterocycles. The third-order valence-electron chi connectivity index (χ3n) is 2.70. The number of hydrogen-bond donors (Lipinski definition) is 0. The SMILES string of the molecule is c1ccc2c(c1)ncn2-c1nnc2nccn2n1. The first-order valence-corrected chi connectivity index (χ1v) is 5.38. The normalized spacial score (nSPS) is 11.3. The minimum atomic E-state index is 0.467. The van der Waals surface area contributed by atoms with Crippen LogP contribution >= 0.6 is 0 Å². The maximum atomic E-state index is 4.33. The van der Waals surface area contributed by atoms with E-state index in [1.165, 1.54) is 0 Å². The number of rotatable bonds is 1. The van der Waals surface area contributed by atoms with Gasteiger partial charge in [0, 0.05) is 6.20 Å². The number of para-hydroxylation sites is 2. The van der Waals surface area contributed by atoms with Gasteiger partial charge >= 0.3 is 0 Å². The van der Waals surface area contributed by atoms with Crippen LogP contribution < -0.4 is 0 Å². The van der Waals surface area contributed by atoms with Crippen LogP contribution in [0.15, 0.2) is 43.0 Å². The summed E-state index contributed by atoms with van der Waals surface area (Å²) < 4.78 is 3.37. The average Bonchev–Trinajstić information content (AvgIpc) is 3.04. The van der Waals surface area contributed by atoms with Crippen LogP contribution in [-0.4, -0.2) is 34.3 Å². The van der Waals surface area contributed by atoms with E-state index in [1.807, 2.05) is 24.3 Å². The van der Waals surface area contributed by atoms with E-state index in [4.69, 9.17) is 0 Å². The van der Waals surface area contributed by atoms with Gasteiger partial charge in [0.05, 0.1) is 17.2 Å². The quantitative estimate of drug-likeness (QED) is 0.491. The number of benzene rings is 1. The van der Waals surface area contributed by atoms with Crippen molar-refractivity contribution >= 4 is 16.8 Å². The zero-order valence-corrected chi connectivity index (χ0v) is 9.17. The van der Waals surface area contributed by atoms with Crippen LogP contribution in [0.3, 0.4) is 0 Å².